The van der Waals surface area contributed by atoms with E-state index in [9.17, 15) is 22.4 Å². The fourth-order valence-electron chi connectivity index (χ4n) is 3.00. The van der Waals surface area contributed by atoms with Gasteiger partial charge in [-0.15, -0.1) is 0 Å². The smallest absolute Gasteiger partial charge is 0.416 e. The molecule has 0 saturated carbocycles. The van der Waals surface area contributed by atoms with E-state index in [4.69, 9.17) is 16.3 Å². The van der Waals surface area contributed by atoms with Crippen LogP contribution in [0.25, 0.3) is 0 Å². The molecule has 32 heavy (non-hydrogen) atoms. The van der Waals surface area contributed by atoms with Gasteiger partial charge in [-0.3, -0.25) is 4.79 Å². The van der Waals surface area contributed by atoms with Crippen LogP contribution in [-0.2, 0) is 6.18 Å². The van der Waals surface area contributed by atoms with Crippen LogP contribution >= 0.6 is 11.6 Å². The Kier molecular flexibility index (Phi) is 5.83. The van der Waals surface area contributed by atoms with Gasteiger partial charge in [0.25, 0.3) is 5.91 Å². The van der Waals surface area contributed by atoms with Gasteiger partial charge in [-0.25, -0.2) is 19.3 Å². The molecule has 166 valence electrons. The molecule has 0 aliphatic carbocycles. The highest BCUT2D eigenvalue weighted by Crippen LogP contribution is 2.30. The lowest BCUT2D eigenvalue weighted by Gasteiger charge is -2.40. The van der Waals surface area contributed by atoms with Crippen LogP contribution in [0.5, 0.6) is 5.75 Å². The Morgan fingerprint density at radius 1 is 1.09 bits per heavy atom. The Labute approximate surface area is 184 Å². The van der Waals surface area contributed by atoms with E-state index in [0.717, 1.165) is 18.3 Å². The third kappa shape index (κ3) is 4.72. The van der Waals surface area contributed by atoms with Crippen molar-refractivity contribution >= 4 is 29.1 Å². The van der Waals surface area contributed by atoms with Crippen molar-refractivity contribution in [1.29, 1.82) is 0 Å². The molecule has 1 fully saturated rings. The van der Waals surface area contributed by atoms with Crippen molar-refractivity contribution in [2.24, 2.45) is 0 Å². The molecule has 7 nitrogen and oxygen atoms in total. The van der Waals surface area contributed by atoms with Gasteiger partial charge in [-0.1, -0.05) is 11.6 Å². The molecule has 1 aliphatic rings. The van der Waals surface area contributed by atoms with Crippen molar-refractivity contribution in [1.82, 2.24) is 15.0 Å². The zero-order chi connectivity index (χ0) is 22.9. The summed E-state index contributed by atoms with van der Waals surface area (Å²) in [5, 5.41) is 2.26. The van der Waals surface area contributed by atoms with Crippen molar-refractivity contribution in [2.45, 2.75) is 12.3 Å². The average molecular weight is 468 g/mol. The van der Waals surface area contributed by atoms with Crippen LogP contribution in [-0.4, -0.2) is 40.1 Å². The summed E-state index contributed by atoms with van der Waals surface area (Å²) in [5.41, 5.74) is -1.01. The number of pyridine rings is 1. The summed E-state index contributed by atoms with van der Waals surface area (Å²) in [6.45, 7) is 0.714. The molecule has 0 atom stereocenters. The van der Waals surface area contributed by atoms with Gasteiger partial charge in [-0.2, -0.15) is 13.2 Å². The Hall–Kier alpha value is -3.47. The van der Waals surface area contributed by atoms with Gasteiger partial charge in [0.2, 0.25) is 0 Å². The van der Waals surface area contributed by atoms with Gasteiger partial charge in [0, 0.05) is 24.7 Å². The second kappa shape index (κ2) is 8.58. The fraction of sp³-hybridized carbons (Fsp3) is 0.200. The normalized spacial score (nSPS) is 14.1. The molecule has 3 heterocycles. The Bertz CT molecular complexity index is 1150. The zero-order valence-electron chi connectivity index (χ0n) is 16.1. The lowest BCUT2D eigenvalue weighted by molar-refractivity contribution is -0.137. The molecule has 1 amide bonds. The molecule has 1 saturated heterocycles. The first-order valence-electron chi connectivity index (χ1n) is 9.23. The standard InChI is InChI=1S/C20H14ClF4N5O2/c21-14-8-12(1-2-15(14)22)32-13-9-30(10-13)18-17(27-5-6-28-18)19(31)29-16-7-11(3-4-26-16)20(23,24)25/h1-8,13H,9-10H2,(H,26,29,31). The van der Waals surface area contributed by atoms with E-state index < -0.39 is 23.5 Å². The number of aromatic nitrogens is 3. The molecule has 0 radical (unpaired) electrons. The quantitative estimate of drug-likeness (QED) is 0.566. The highest BCUT2D eigenvalue weighted by molar-refractivity contribution is 6.30. The summed E-state index contributed by atoms with van der Waals surface area (Å²) in [6, 6.07) is 5.55. The third-order valence-electron chi connectivity index (χ3n) is 4.56. The van der Waals surface area contributed by atoms with Crippen molar-refractivity contribution in [3.63, 3.8) is 0 Å². The number of carbonyl (C=O) groups excluding carboxylic acids is 1. The number of rotatable bonds is 5. The second-order valence-corrected chi connectivity index (χ2v) is 7.24. The average Bonchev–Trinajstić information content (AvgIpc) is 2.72. The molecule has 12 heteroatoms. The summed E-state index contributed by atoms with van der Waals surface area (Å²) < 4.78 is 57.6. The van der Waals surface area contributed by atoms with Crippen molar-refractivity contribution in [3.05, 3.63) is 71.0 Å². The molecule has 4 rings (SSSR count). The van der Waals surface area contributed by atoms with Gasteiger partial charge in [0.1, 0.15) is 23.5 Å². The van der Waals surface area contributed by atoms with E-state index in [-0.39, 0.29) is 28.5 Å². The molecule has 3 aromatic rings. The third-order valence-corrected chi connectivity index (χ3v) is 4.85. The van der Waals surface area contributed by atoms with Crippen molar-refractivity contribution < 1.29 is 27.1 Å². The maximum Gasteiger partial charge on any atom is 0.416 e. The van der Waals surface area contributed by atoms with Crippen LogP contribution < -0.4 is 15.0 Å². The van der Waals surface area contributed by atoms with E-state index >= 15 is 0 Å². The number of anilines is 2. The minimum atomic E-state index is -4.57. The van der Waals surface area contributed by atoms with Crippen LogP contribution in [0.15, 0.2) is 48.9 Å². The largest absolute Gasteiger partial charge is 0.487 e. The van der Waals surface area contributed by atoms with Crippen LogP contribution in [0.1, 0.15) is 16.1 Å². The Morgan fingerprint density at radius 3 is 2.56 bits per heavy atom. The molecular formula is C20H14ClF4N5O2. The molecule has 0 spiro atoms. The number of halogens is 5. The van der Waals surface area contributed by atoms with Gasteiger partial charge in [-0.05, 0) is 24.3 Å². The van der Waals surface area contributed by atoms with Crippen LogP contribution in [0.4, 0.5) is 29.2 Å². The molecule has 1 aliphatic heterocycles. The minimum Gasteiger partial charge on any atom is -0.487 e. The zero-order valence-corrected chi connectivity index (χ0v) is 16.9. The van der Waals surface area contributed by atoms with E-state index in [0.29, 0.717) is 18.8 Å². The first-order chi connectivity index (χ1) is 15.2. The number of amides is 1. The van der Waals surface area contributed by atoms with E-state index in [1.165, 1.54) is 30.6 Å². The number of ether oxygens (including phenoxy) is 1. The maximum absolute atomic E-state index is 13.3. The lowest BCUT2D eigenvalue weighted by atomic mass is 10.1. The fourth-order valence-corrected chi connectivity index (χ4v) is 3.17. The molecule has 1 aromatic carbocycles. The number of nitrogens with one attached hydrogen (secondary N) is 1. The number of carbonyl (C=O) groups is 1. The van der Waals surface area contributed by atoms with Gasteiger partial charge in [0.05, 0.1) is 23.7 Å². The van der Waals surface area contributed by atoms with Gasteiger partial charge in [0.15, 0.2) is 11.5 Å². The van der Waals surface area contributed by atoms with Crippen molar-refractivity contribution in [3.8, 4) is 5.75 Å². The first kappa shape index (κ1) is 21.8. The first-order valence-corrected chi connectivity index (χ1v) is 9.61. The Morgan fingerprint density at radius 2 is 1.84 bits per heavy atom. The maximum atomic E-state index is 13.3. The number of hydrogen-bond acceptors (Lipinski definition) is 6. The van der Waals surface area contributed by atoms with E-state index in [1.54, 1.807) is 4.90 Å². The van der Waals surface area contributed by atoms with E-state index in [2.05, 4.69) is 20.3 Å². The predicted octanol–water partition coefficient (Wildman–Crippen LogP) is 4.20. The van der Waals surface area contributed by atoms with Gasteiger partial charge < -0.3 is 15.0 Å². The molecule has 0 unspecified atom stereocenters. The topological polar surface area (TPSA) is 80.2 Å². The van der Waals surface area contributed by atoms with Crippen LogP contribution in [0.3, 0.4) is 0 Å². The summed E-state index contributed by atoms with van der Waals surface area (Å²) in [5.74, 6) is -0.934. The predicted molar refractivity (Wildman–Crippen MR) is 107 cm³/mol. The summed E-state index contributed by atoms with van der Waals surface area (Å²) in [7, 11) is 0. The highest BCUT2D eigenvalue weighted by atomic mass is 35.5. The molecule has 0 bridgehead atoms. The highest BCUT2D eigenvalue weighted by Gasteiger charge is 2.34. The lowest BCUT2D eigenvalue weighted by Crippen LogP contribution is -2.54. The summed E-state index contributed by atoms with van der Waals surface area (Å²) in [4.78, 5) is 26.3. The molecule has 1 N–H and O–H groups in total. The number of nitrogens with zero attached hydrogens (tertiary/aromatic N) is 4. The van der Waals surface area contributed by atoms with Crippen LogP contribution in [0.2, 0.25) is 5.02 Å². The molecular weight excluding hydrogens is 454 g/mol. The SMILES string of the molecule is O=C(Nc1cc(C(F)(F)F)ccn1)c1nccnc1N1CC(Oc2ccc(F)c(Cl)c2)C1. The van der Waals surface area contributed by atoms with Crippen LogP contribution in [0, 0.1) is 5.82 Å². The second-order valence-electron chi connectivity index (χ2n) is 6.83. The number of benzene rings is 1. The summed E-state index contributed by atoms with van der Waals surface area (Å²) in [6.07, 6.45) is -1.19. The number of alkyl halides is 3. The van der Waals surface area contributed by atoms with Crippen molar-refractivity contribution in [2.75, 3.05) is 23.3 Å². The summed E-state index contributed by atoms with van der Waals surface area (Å²) >= 11 is 5.74. The van der Waals surface area contributed by atoms with E-state index in [1.807, 2.05) is 0 Å². The molecule has 2 aromatic heterocycles. The minimum absolute atomic E-state index is 0.0604. The monoisotopic (exact) mass is 467 g/mol. The Balaban J connectivity index is 1.43. The number of hydrogen-bond donors (Lipinski definition) is 1. The van der Waals surface area contributed by atoms with Gasteiger partial charge >= 0.3 is 6.18 Å².